The largest absolute Gasteiger partial charge is 0.488 e. The molecule has 2 N–H and O–H groups in total. The molecular weight excluding hydrogens is 909 g/mol. The lowest BCUT2D eigenvalue weighted by atomic mass is 9.92. The van der Waals surface area contributed by atoms with Crippen molar-refractivity contribution >= 4 is 69.6 Å². The summed E-state index contributed by atoms with van der Waals surface area (Å²) in [5.41, 5.74) is 7.68. The fraction of sp³-hybridized carbons (Fsp3) is 0.423. The number of benzene rings is 1. The van der Waals surface area contributed by atoms with Crippen LogP contribution in [0.15, 0.2) is 59.8 Å². The number of anilines is 5. The van der Waals surface area contributed by atoms with Crippen molar-refractivity contribution < 1.29 is 28.7 Å². The molecule has 5 aromatic rings. The van der Waals surface area contributed by atoms with E-state index in [1.165, 1.54) is 28.8 Å². The first kappa shape index (κ1) is 44.3. The average Bonchev–Trinajstić information content (AvgIpc) is 3.87. The SMILES string of the molecule is Cc1c(-c2cc(Nc3ccc(N4CCN(C5CCN6c7ccc8c(c7OCC6C5)C(=O)N(C5CCC(=O)NC5=O)C8=O)C[C@@H]4C)cn3)c(=O)n(C)c2)ccnc1N1CCc2c(sc3c2CCCC3)C1=O. The Hall–Kier alpha value is -6.92. The second kappa shape index (κ2) is 17.2. The minimum Gasteiger partial charge on any atom is -0.488 e. The number of imide groups is 2. The molecule has 0 bridgehead atoms. The van der Waals surface area contributed by atoms with Gasteiger partial charge in [-0.3, -0.25) is 48.8 Å². The summed E-state index contributed by atoms with van der Waals surface area (Å²) in [5, 5.41) is 5.55. The molecule has 3 unspecified atom stereocenters. The molecule has 12 rings (SSSR count). The summed E-state index contributed by atoms with van der Waals surface area (Å²) >= 11 is 1.67. The molecule has 10 heterocycles. The Morgan fingerprint density at radius 2 is 1.69 bits per heavy atom. The number of hydrogen-bond acceptors (Lipinski definition) is 14. The van der Waals surface area contributed by atoms with E-state index in [9.17, 15) is 28.8 Å². The summed E-state index contributed by atoms with van der Waals surface area (Å²) in [6.45, 7) is 8.53. The number of amides is 5. The molecule has 360 valence electrons. The molecule has 0 radical (unpaired) electrons. The number of ether oxygens (including phenoxy) is 1. The maximum atomic E-state index is 14.0. The number of thiophene rings is 1. The predicted molar refractivity (Wildman–Crippen MR) is 265 cm³/mol. The van der Waals surface area contributed by atoms with Gasteiger partial charge in [-0.2, -0.15) is 0 Å². The van der Waals surface area contributed by atoms with Gasteiger partial charge in [0.05, 0.1) is 39.6 Å². The van der Waals surface area contributed by atoms with Gasteiger partial charge in [-0.1, -0.05) is 0 Å². The molecule has 0 spiro atoms. The first-order chi connectivity index (χ1) is 33.9. The lowest BCUT2D eigenvalue weighted by Gasteiger charge is -2.50. The molecule has 18 heteroatoms. The van der Waals surface area contributed by atoms with Crippen LogP contribution >= 0.6 is 11.3 Å². The van der Waals surface area contributed by atoms with Crippen molar-refractivity contribution in [1.29, 1.82) is 0 Å². The van der Waals surface area contributed by atoms with E-state index in [1.807, 2.05) is 48.5 Å². The van der Waals surface area contributed by atoms with Gasteiger partial charge >= 0.3 is 0 Å². The van der Waals surface area contributed by atoms with Crippen LogP contribution in [0.4, 0.5) is 28.7 Å². The molecule has 5 amide bonds. The quantitative estimate of drug-likeness (QED) is 0.199. The molecule has 6 aliphatic heterocycles. The van der Waals surface area contributed by atoms with E-state index in [0.29, 0.717) is 42.3 Å². The summed E-state index contributed by atoms with van der Waals surface area (Å²) in [7, 11) is 1.74. The molecular formula is C52H54N10O7S. The number of aromatic nitrogens is 3. The van der Waals surface area contributed by atoms with E-state index < -0.39 is 29.7 Å². The van der Waals surface area contributed by atoms with Crippen molar-refractivity contribution in [2.75, 3.05) is 59.3 Å². The van der Waals surface area contributed by atoms with Gasteiger partial charge in [0.2, 0.25) is 11.8 Å². The van der Waals surface area contributed by atoms with Crippen LogP contribution in [0.2, 0.25) is 0 Å². The lowest BCUT2D eigenvalue weighted by Crippen LogP contribution is -2.59. The second-order valence-corrected chi connectivity index (χ2v) is 20.9. The van der Waals surface area contributed by atoms with Crippen LogP contribution in [0.1, 0.15) is 97.4 Å². The maximum absolute atomic E-state index is 14.0. The highest BCUT2D eigenvalue weighted by molar-refractivity contribution is 7.14. The molecule has 4 atom stereocenters. The first-order valence-corrected chi connectivity index (χ1v) is 25.4. The van der Waals surface area contributed by atoms with Gasteiger partial charge in [0, 0.05) is 81.1 Å². The van der Waals surface area contributed by atoms with Gasteiger partial charge < -0.3 is 24.4 Å². The third kappa shape index (κ3) is 7.28. The number of pyridine rings is 3. The molecule has 70 heavy (non-hydrogen) atoms. The number of carbonyl (C=O) groups is 5. The summed E-state index contributed by atoms with van der Waals surface area (Å²) < 4.78 is 7.91. The Labute approximate surface area is 408 Å². The zero-order chi connectivity index (χ0) is 48.1. The zero-order valence-electron chi connectivity index (χ0n) is 39.5. The van der Waals surface area contributed by atoms with Crippen LogP contribution < -0.4 is 35.6 Å². The number of aryl methyl sites for hydroxylation is 2. The minimum atomic E-state index is -1.03. The Bertz CT molecular complexity index is 3110. The monoisotopic (exact) mass is 962 g/mol. The van der Waals surface area contributed by atoms with Crippen LogP contribution in [0.25, 0.3) is 11.1 Å². The van der Waals surface area contributed by atoms with E-state index in [-0.39, 0.29) is 47.5 Å². The second-order valence-electron chi connectivity index (χ2n) is 19.8. The first-order valence-electron chi connectivity index (χ1n) is 24.6. The van der Waals surface area contributed by atoms with Crippen molar-refractivity contribution in [3.05, 3.63) is 103 Å². The average molecular weight is 963 g/mol. The third-order valence-corrected chi connectivity index (χ3v) is 17.0. The maximum Gasteiger partial charge on any atom is 0.274 e. The number of piperidine rings is 2. The van der Waals surface area contributed by atoms with Crippen molar-refractivity contribution in [3.8, 4) is 16.9 Å². The number of hydrogen-bond donors (Lipinski definition) is 2. The minimum absolute atomic E-state index is 0.0283. The highest BCUT2D eigenvalue weighted by atomic mass is 32.1. The van der Waals surface area contributed by atoms with Crippen molar-refractivity contribution in [1.82, 2.24) is 29.7 Å². The highest BCUT2D eigenvalue weighted by Crippen LogP contribution is 2.46. The van der Waals surface area contributed by atoms with Crippen LogP contribution in [0.5, 0.6) is 5.75 Å². The smallest absolute Gasteiger partial charge is 0.274 e. The van der Waals surface area contributed by atoms with Gasteiger partial charge in [0.15, 0.2) is 5.75 Å². The highest BCUT2D eigenvalue weighted by Gasteiger charge is 2.48. The number of piperazine rings is 1. The molecule has 1 aliphatic carbocycles. The number of nitrogens with one attached hydrogen (secondary N) is 2. The van der Waals surface area contributed by atoms with Crippen LogP contribution in [-0.4, -0.2) is 117 Å². The summed E-state index contributed by atoms with van der Waals surface area (Å²) in [6.07, 6.45) is 12.7. The van der Waals surface area contributed by atoms with E-state index >= 15 is 0 Å². The molecule has 3 saturated heterocycles. The number of nitrogens with zero attached hydrogens (tertiary/aromatic N) is 8. The van der Waals surface area contributed by atoms with E-state index in [1.54, 1.807) is 35.2 Å². The van der Waals surface area contributed by atoms with Crippen molar-refractivity contribution in [2.45, 2.75) is 95.8 Å². The molecule has 17 nitrogen and oxygen atoms in total. The Morgan fingerprint density at radius 3 is 2.50 bits per heavy atom. The molecule has 4 aromatic heterocycles. The lowest BCUT2D eigenvalue weighted by molar-refractivity contribution is -0.136. The molecule has 3 fully saturated rings. The number of rotatable bonds is 7. The third-order valence-electron chi connectivity index (χ3n) is 15.7. The summed E-state index contributed by atoms with van der Waals surface area (Å²) in [4.78, 5) is 101. The van der Waals surface area contributed by atoms with Crippen LogP contribution in [0.3, 0.4) is 0 Å². The van der Waals surface area contributed by atoms with Gasteiger partial charge in [0.1, 0.15) is 30.0 Å². The Morgan fingerprint density at radius 1 is 0.829 bits per heavy atom. The van der Waals surface area contributed by atoms with Gasteiger partial charge in [-0.05, 0) is 124 Å². The molecule has 0 saturated carbocycles. The van der Waals surface area contributed by atoms with Gasteiger partial charge in [0.25, 0.3) is 23.3 Å². The Kier molecular flexibility index (Phi) is 10.9. The predicted octanol–water partition coefficient (Wildman–Crippen LogP) is 5.38. The van der Waals surface area contributed by atoms with Gasteiger partial charge in [-0.15, -0.1) is 11.3 Å². The summed E-state index contributed by atoms with van der Waals surface area (Å²) in [6, 6.07) is 10.9. The number of fused-ring (bicyclic) bond motifs is 8. The van der Waals surface area contributed by atoms with Crippen LogP contribution in [0, 0.1) is 6.92 Å². The van der Waals surface area contributed by atoms with Crippen molar-refractivity contribution in [2.24, 2.45) is 7.05 Å². The normalized spacial score (nSPS) is 23.3. The Balaban J connectivity index is 0.689. The van der Waals surface area contributed by atoms with E-state index in [4.69, 9.17) is 14.7 Å². The fourth-order valence-electron chi connectivity index (χ4n) is 12.1. The van der Waals surface area contributed by atoms with E-state index in [2.05, 4.69) is 38.3 Å². The van der Waals surface area contributed by atoms with Gasteiger partial charge in [-0.25, -0.2) is 9.97 Å². The zero-order valence-corrected chi connectivity index (χ0v) is 40.3. The van der Waals surface area contributed by atoms with Crippen LogP contribution in [-0.2, 0) is 35.9 Å². The number of carbonyl (C=O) groups excluding carboxylic acids is 5. The summed E-state index contributed by atoms with van der Waals surface area (Å²) in [5.74, 6) is -0.516. The molecule has 1 aromatic carbocycles. The molecule has 7 aliphatic rings. The standard InChI is InChI=1S/C52H54N10O7S/c1-28-25-58(31-15-18-60-33(23-31)27-69-45-39(60)10-9-37-44(45)51(67)62(49(37)65)40-11-13-43(63)56-48(40)64)20-21-59(28)32-8-12-42(54-24-32)55-38-22-30(26-57(3)50(38)66)34-14-17-53-47(29(34)2)61-19-16-36-35-6-4-5-7-41(35)70-46(36)52(61)68/h8-10,12,14,17,22,24,26,28,31,33,40H,4-7,11,13,15-16,18-21,23,25,27H2,1-3H3,(H,54,55)(H,56,63,64)/t28-,31?,33?,40?/m0/s1. The topological polar surface area (TPSA) is 183 Å². The van der Waals surface area contributed by atoms with Crippen molar-refractivity contribution in [3.63, 3.8) is 0 Å². The fourth-order valence-corrected chi connectivity index (χ4v) is 13.5. The van der Waals surface area contributed by atoms with E-state index in [0.717, 1.165) is 96.1 Å².